The van der Waals surface area contributed by atoms with E-state index in [-0.39, 0.29) is 44.6 Å². The van der Waals surface area contributed by atoms with Crippen LogP contribution in [0.4, 0.5) is 28.4 Å². The molecule has 6 aromatic rings. The Hall–Kier alpha value is -4.96. The van der Waals surface area contributed by atoms with Gasteiger partial charge in [0, 0.05) is 33.8 Å². The molecule has 2 atom stereocenters. The summed E-state index contributed by atoms with van der Waals surface area (Å²) in [6.45, 7) is 37.5. The molecule has 5 aromatic carbocycles. The highest BCUT2D eigenvalue weighted by atomic mass is 16.3. The molecule has 4 heteroatoms. The van der Waals surface area contributed by atoms with Gasteiger partial charge < -0.3 is 14.2 Å². The fourth-order valence-corrected chi connectivity index (χ4v) is 15.1. The minimum atomic E-state index is -0.0142. The van der Waals surface area contributed by atoms with Crippen LogP contribution >= 0.6 is 0 Å². The molecule has 6 aliphatic rings. The minimum absolute atomic E-state index is 0.0142. The zero-order valence-electron chi connectivity index (χ0n) is 45.5. The van der Waals surface area contributed by atoms with Crippen molar-refractivity contribution in [3.05, 3.63) is 136 Å². The summed E-state index contributed by atoms with van der Waals surface area (Å²) in [6, 6.07) is 36.0. The van der Waals surface area contributed by atoms with Crippen LogP contribution in [0, 0.1) is 36.0 Å². The van der Waals surface area contributed by atoms with Gasteiger partial charge in [0.1, 0.15) is 5.58 Å². The number of hydrogen-bond donors (Lipinski definition) is 0. The Morgan fingerprint density at radius 1 is 0.543 bits per heavy atom. The molecular formula is C66H79BN2O. The molecule has 3 nitrogen and oxygen atoms in total. The second kappa shape index (κ2) is 14.8. The van der Waals surface area contributed by atoms with Crippen molar-refractivity contribution in [3.63, 3.8) is 0 Å². The average molecular weight is 927 g/mol. The Morgan fingerprint density at radius 3 is 1.83 bits per heavy atom. The van der Waals surface area contributed by atoms with Crippen molar-refractivity contribution in [1.29, 1.82) is 0 Å². The van der Waals surface area contributed by atoms with Gasteiger partial charge in [0.15, 0.2) is 0 Å². The number of fused-ring (bicyclic) bond motifs is 10. The fraction of sp³-hybridized carbons (Fsp3) is 0.485. The lowest BCUT2D eigenvalue weighted by Crippen LogP contribution is -2.59. The van der Waals surface area contributed by atoms with E-state index in [1.807, 2.05) is 0 Å². The Balaban J connectivity index is 1.22. The summed E-state index contributed by atoms with van der Waals surface area (Å²) in [5.74, 6) is 0.394. The Kier molecular flexibility index (Phi) is 9.77. The quantitative estimate of drug-likeness (QED) is 0.165. The molecule has 0 spiro atoms. The van der Waals surface area contributed by atoms with Crippen molar-refractivity contribution < 1.29 is 4.42 Å². The van der Waals surface area contributed by atoms with Crippen molar-refractivity contribution >= 4 is 57.2 Å². The first-order valence-corrected chi connectivity index (χ1v) is 27.2. The summed E-state index contributed by atoms with van der Waals surface area (Å²) in [4.78, 5) is 5.52. The molecule has 0 amide bonds. The second-order valence-corrected chi connectivity index (χ2v) is 28.0. The average Bonchev–Trinajstić information content (AvgIpc) is 3.67. The first kappa shape index (κ1) is 46.1. The van der Waals surface area contributed by atoms with Gasteiger partial charge in [0.2, 0.25) is 0 Å². The largest absolute Gasteiger partial charge is 0.468 e. The van der Waals surface area contributed by atoms with Gasteiger partial charge >= 0.3 is 0 Å². The summed E-state index contributed by atoms with van der Waals surface area (Å²) in [5, 5.41) is 1.25. The third-order valence-electron chi connectivity index (χ3n) is 20.3. The van der Waals surface area contributed by atoms with Crippen LogP contribution in [0.3, 0.4) is 0 Å². The molecule has 1 saturated carbocycles. The van der Waals surface area contributed by atoms with Gasteiger partial charge in [-0.3, -0.25) is 0 Å². The number of allylic oxidation sites excluding steroid dienone is 2. The molecule has 362 valence electrons. The van der Waals surface area contributed by atoms with Gasteiger partial charge in [-0.05, 0) is 208 Å². The van der Waals surface area contributed by atoms with E-state index in [0.29, 0.717) is 5.92 Å². The third-order valence-corrected chi connectivity index (χ3v) is 20.3. The van der Waals surface area contributed by atoms with E-state index in [4.69, 9.17) is 4.42 Å². The maximum Gasteiger partial charge on any atom is 0.293 e. The molecule has 12 rings (SSSR count). The van der Waals surface area contributed by atoms with Crippen LogP contribution in [0.5, 0.6) is 0 Å². The topological polar surface area (TPSA) is 19.6 Å². The maximum absolute atomic E-state index is 7.83. The van der Waals surface area contributed by atoms with E-state index >= 15 is 0 Å². The number of rotatable bonds is 3. The first-order valence-electron chi connectivity index (χ1n) is 27.2. The highest BCUT2D eigenvalue weighted by Crippen LogP contribution is 2.63. The molecule has 4 aliphatic carbocycles. The maximum atomic E-state index is 7.83. The molecular weight excluding hydrogens is 848 g/mol. The van der Waals surface area contributed by atoms with Crippen molar-refractivity contribution in [3.8, 4) is 11.1 Å². The van der Waals surface area contributed by atoms with Crippen LogP contribution in [0.1, 0.15) is 181 Å². The summed E-state index contributed by atoms with van der Waals surface area (Å²) in [7, 11) is 0. The molecule has 3 heterocycles. The first-order chi connectivity index (χ1) is 32.8. The number of anilines is 5. The Labute approximate surface area is 421 Å². The van der Waals surface area contributed by atoms with Gasteiger partial charge in [-0.25, -0.2) is 0 Å². The summed E-state index contributed by atoms with van der Waals surface area (Å²) >= 11 is 0. The van der Waals surface area contributed by atoms with E-state index in [1.165, 1.54) is 135 Å². The van der Waals surface area contributed by atoms with Gasteiger partial charge in [-0.2, -0.15) is 0 Å². The van der Waals surface area contributed by atoms with Crippen LogP contribution in [-0.4, -0.2) is 6.71 Å². The van der Waals surface area contributed by atoms with Gasteiger partial charge in [-0.15, -0.1) is 0 Å². The fourth-order valence-electron chi connectivity index (χ4n) is 15.1. The number of hydrogen-bond acceptors (Lipinski definition) is 3. The summed E-state index contributed by atoms with van der Waals surface area (Å²) in [5.41, 5.74) is 25.0. The van der Waals surface area contributed by atoms with Crippen LogP contribution in [0.25, 0.3) is 22.1 Å². The normalized spacial score (nSPS) is 25.0. The number of benzene rings is 5. The Bertz CT molecular complexity index is 3210. The lowest BCUT2D eigenvalue weighted by atomic mass is 9.31. The minimum Gasteiger partial charge on any atom is -0.468 e. The third kappa shape index (κ3) is 6.72. The van der Waals surface area contributed by atoms with E-state index in [2.05, 4.69) is 205 Å². The number of aryl methyl sites for hydroxylation is 2. The SMILES string of the molecule is Cc1cc2c3c(c1)N(c1cc(-c4ccccc4)ccc1C)c1c(oc4cc5c(cc14)C(C)(C)CCC5(C)C)B3C1=C(C3CC(C)(C)CCC(C)(C)C(C)(C1)C3)N2c1ccc2c(c1)C(C)(C)CCC2(C)C. The monoisotopic (exact) mass is 927 g/mol. The van der Waals surface area contributed by atoms with E-state index in [0.717, 1.165) is 17.7 Å². The molecule has 1 aromatic heterocycles. The lowest BCUT2D eigenvalue weighted by Gasteiger charge is -2.58. The standard InChI is InChI=1S/C66H79BN2O/c1-40-31-53-56-54(32-40)69(52-33-43(22-21-41(52)2)42-19-17-16-18-20-42)58-46-35-49-50(64(11,12)29-28-63(49,9)10)36-55(46)70-59(58)67(56)51-39-66(15)38-44(37-60(3,4)25-30-65(66,13)14)57(51)68(53)45-23-24-47-48(34-45)62(7,8)27-26-61(47,5)6/h16-24,31-36,44H,25-30,37-39H2,1-15H3. The van der Waals surface area contributed by atoms with Gasteiger partial charge in [-0.1, -0.05) is 144 Å². The molecule has 0 radical (unpaired) electrons. The number of furan rings is 1. The van der Waals surface area contributed by atoms with Crippen molar-refractivity contribution in [1.82, 2.24) is 0 Å². The van der Waals surface area contributed by atoms with Crippen LogP contribution in [0.15, 0.2) is 107 Å². The predicted molar refractivity (Wildman–Crippen MR) is 299 cm³/mol. The van der Waals surface area contributed by atoms with Crippen LogP contribution in [0.2, 0.25) is 0 Å². The molecule has 2 aliphatic heterocycles. The van der Waals surface area contributed by atoms with Gasteiger partial charge in [0.25, 0.3) is 6.71 Å². The van der Waals surface area contributed by atoms with E-state index in [9.17, 15) is 0 Å². The molecule has 0 saturated heterocycles. The zero-order chi connectivity index (χ0) is 49.5. The Morgan fingerprint density at radius 2 is 1.16 bits per heavy atom. The highest BCUT2D eigenvalue weighted by Gasteiger charge is 2.57. The van der Waals surface area contributed by atoms with Gasteiger partial charge in [0.05, 0.1) is 11.3 Å². The molecule has 70 heavy (non-hydrogen) atoms. The van der Waals surface area contributed by atoms with Crippen LogP contribution in [-0.2, 0) is 21.7 Å². The molecule has 2 bridgehead atoms. The molecule has 0 N–H and O–H groups in total. The van der Waals surface area contributed by atoms with Crippen molar-refractivity contribution in [2.45, 2.75) is 183 Å². The van der Waals surface area contributed by atoms with Crippen molar-refractivity contribution in [2.24, 2.45) is 22.2 Å². The highest BCUT2D eigenvalue weighted by molar-refractivity contribution is 6.94. The van der Waals surface area contributed by atoms with Crippen molar-refractivity contribution in [2.75, 3.05) is 9.80 Å². The zero-order valence-corrected chi connectivity index (χ0v) is 45.5. The molecule has 2 unspecified atom stereocenters. The smallest absolute Gasteiger partial charge is 0.293 e. The number of nitrogens with zero attached hydrogens (tertiary/aromatic N) is 2. The second-order valence-electron chi connectivity index (χ2n) is 28.0. The summed E-state index contributed by atoms with van der Waals surface area (Å²) in [6.07, 6.45) is 10.7. The lowest BCUT2D eigenvalue weighted by molar-refractivity contribution is 0.00639. The summed E-state index contributed by atoms with van der Waals surface area (Å²) < 4.78 is 7.83. The van der Waals surface area contributed by atoms with E-state index in [1.54, 1.807) is 11.2 Å². The predicted octanol–water partition coefficient (Wildman–Crippen LogP) is 17.4. The van der Waals surface area contributed by atoms with E-state index < -0.39 is 0 Å². The van der Waals surface area contributed by atoms with Crippen LogP contribution < -0.4 is 20.9 Å². The molecule has 1 fully saturated rings.